The topological polar surface area (TPSA) is 85.4 Å². The fourth-order valence-electron chi connectivity index (χ4n) is 1.37. The van der Waals surface area contributed by atoms with Crippen molar-refractivity contribution in [3.05, 3.63) is 29.0 Å². The number of hydrogen-bond acceptors (Lipinski definition) is 5. The number of pyridine rings is 1. The lowest BCUT2D eigenvalue weighted by atomic mass is 10.2. The summed E-state index contributed by atoms with van der Waals surface area (Å²) in [5, 5.41) is -1.03. The molecular weight excluding hydrogens is 316 g/mol. The Kier molecular flexibility index (Phi) is 5.72. The molecule has 1 aromatic heterocycles. The number of ether oxygens (including phenoxy) is 1. The van der Waals surface area contributed by atoms with Crippen LogP contribution < -0.4 is 4.72 Å². The number of nitrogens with zero attached hydrogens (tertiary/aromatic N) is 1. The smallest absolute Gasteiger partial charge is 0.325 e. The Hall–Kier alpha value is -1.18. The zero-order chi connectivity index (χ0) is 16.3. The first-order valence-corrected chi connectivity index (χ1v) is 8.25. The molecule has 0 amide bonds. The van der Waals surface area contributed by atoms with Crippen molar-refractivity contribution in [1.82, 2.24) is 9.71 Å². The van der Waals surface area contributed by atoms with Crippen LogP contribution in [0.15, 0.2) is 18.3 Å². The van der Waals surface area contributed by atoms with E-state index in [9.17, 15) is 13.2 Å². The molecule has 1 aromatic rings. The van der Waals surface area contributed by atoms with Gasteiger partial charge in [0.05, 0.1) is 0 Å². The molecule has 1 rings (SSSR count). The molecule has 118 valence electrons. The molecule has 0 aliphatic heterocycles. The van der Waals surface area contributed by atoms with E-state index in [0.717, 1.165) is 0 Å². The van der Waals surface area contributed by atoms with Gasteiger partial charge in [0.1, 0.15) is 10.8 Å². The highest BCUT2D eigenvalue weighted by atomic mass is 35.5. The average Bonchev–Trinajstić information content (AvgIpc) is 2.33. The first kappa shape index (κ1) is 17.9. The second kappa shape index (κ2) is 6.72. The summed E-state index contributed by atoms with van der Waals surface area (Å²) in [6.45, 7) is 6.34. The number of aromatic nitrogens is 1. The maximum atomic E-state index is 12.1. The number of halogens is 1. The number of hydrogen-bond donors (Lipinski definition) is 1. The van der Waals surface area contributed by atoms with Gasteiger partial charge < -0.3 is 4.74 Å². The van der Waals surface area contributed by atoms with Crippen LogP contribution in [0.1, 0.15) is 33.3 Å². The van der Waals surface area contributed by atoms with Crippen LogP contribution in [0.4, 0.5) is 0 Å². The van der Waals surface area contributed by atoms with Gasteiger partial charge >= 0.3 is 5.97 Å². The third-order valence-corrected chi connectivity index (χ3v) is 4.35. The molecule has 0 aromatic carbocycles. The van der Waals surface area contributed by atoms with Gasteiger partial charge in [-0.15, -0.1) is 0 Å². The van der Waals surface area contributed by atoms with Gasteiger partial charge in [0, 0.05) is 12.7 Å². The molecule has 0 spiro atoms. The van der Waals surface area contributed by atoms with Gasteiger partial charge in [0.15, 0.2) is 5.25 Å². The van der Waals surface area contributed by atoms with Crippen LogP contribution in [-0.4, -0.2) is 30.2 Å². The van der Waals surface area contributed by atoms with E-state index in [1.807, 2.05) is 0 Å². The van der Waals surface area contributed by atoms with E-state index >= 15 is 0 Å². The van der Waals surface area contributed by atoms with Crippen molar-refractivity contribution in [3.8, 4) is 0 Å². The predicted octanol–water partition coefficient (Wildman–Crippen LogP) is 1.88. The summed E-state index contributed by atoms with van der Waals surface area (Å²) in [4.78, 5) is 15.6. The molecule has 1 atom stereocenters. The molecule has 8 heteroatoms. The lowest BCUT2D eigenvalue weighted by Gasteiger charge is -2.22. The van der Waals surface area contributed by atoms with Crippen molar-refractivity contribution in [2.45, 2.75) is 45.1 Å². The van der Waals surface area contributed by atoms with E-state index in [2.05, 4.69) is 9.71 Å². The maximum Gasteiger partial charge on any atom is 0.325 e. The van der Waals surface area contributed by atoms with Crippen molar-refractivity contribution >= 4 is 27.6 Å². The molecule has 1 heterocycles. The van der Waals surface area contributed by atoms with E-state index in [4.69, 9.17) is 16.3 Å². The number of esters is 1. The number of sulfonamides is 1. The molecule has 0 radical (unpaired) electrons. The lowest BCUT2D eigenvalue weighted by molar-refractivity contribution is -0.153. The van der Waals surface area contributed by atoms with Gasteiger partial charge in [-0.1, -0.05) is 11.6 Å². The van der Waals surface area contributed by atoms with Crippen LogP contribution in [0.25, 0.3) is 0 Å². The largest absolute Gasteiger partial charge is 0.459 e. The standard InChI is InChI=1S/C13H19ClN2O4S/c1-9(12(17)20-13(2,3)4)21(18,19)16-8-10-5-6-15-11(14)7-10/h5-7,9,16H,8H2,1-4H3. The van der Waals surface area contributed by atoms with Crippen LogP contribution in [0.5, 0.6) is 0 Å². The Bertz CT molecular complexity index is 611. The highest BCUT2D eigenvalue weighted by molar-refractivity contribution is 7.90. The van der Waals surface area contributed by atoms with Crippen LogP contribution >= 0.6 is 11.6 Å². The van der Waals surface area contributed by atoms with Crippen molar-refractivity contribution < 1.29 is 17.9 Å². The summed E-state index contributed by atoms with van der Waals surface area (Å²) >= 11 is 5.72. The van der Waals surface area contributed by atoms with Gasteiger partial charge in [-0.05, 0) is 45.4 Å². The van der Waals surface area contributed by atoms with Crippen molar-refractivity contribution in [2.24, 2.45) is 0 Å². The number of carbonyl (C=O) groups is 1. The van der Waals surface area contributed by atoms with E-state index in [1.54, 1.807) is 32.9 Å². The summed E-state index contributed by atoms with van der Waals surface area (Å²) in [7, 11) is -3.83. The van der Waals surface area contributed by atoms with E-state index in [-0.39, 0.29) is 11.7 Å². The zero-order valence-electron chi connectivity index (χ0n) is 12.4. The van der Waals surface area contributed by atoms with Crippen LogP contribution in [0.2, 0.25) is 5.15 Å². The molecule has 21 heavy (non-hydrogen) atoms. The summed E-state index contributed by atoms with van der Waals surface area (Å²) in [6.07, 6.45) is 1.48. The highest BCUT2D eigenvalue weighted by Crippen LogP contribution is 2.12. The Labute approximate surface area is 129 Å². The molecule has 0 aliphatic carbocycles. The van der Waals surface area contributed by atoms with E-state index < -0.39 is 26.8 Å². The van der Waals surface area contributed by atoms with Crippen LogP contribution in [0, 0.1) is 0 Å². The fourth-order valence-corrected chi connectivity index (χ4v) is 2.49. The SMILES string of the molecule is CC(C(=O)OC(C)(C)C)S(=O)(=O)NCc1ccnc(Cl)c1. The maximum absolute atomic E-state index is 12.1. The fraction of sp³-hybridized carbons (Fsp3) is 0.538. The summed E-state index contributed by atoms with van der Waals surface area (Å²) in [5.74, 6) is -0.789. The molecule has 1 unspecified atom stereocenters. The monoisotopic (exact) mass is 334 g/mol. The minimum Gasteiger partial charge on any atom is -0.459 e. The summed E-state index contributed by atoms with van der Waals surface area (Å²) < 4.78 is 31.5. The number of carbonyl (C=O) groups excluding carboxylic acids is 1. The molecule has 0 aliphatic rings. The molecule has 0 saturated carbocycles. The van der Waals surface area contributed by atoms with Gasteiger partial charge in [-0.25, -0.2) is 18.1 Å². The minimum atomic E-state index is -3.83. The first-order chi connectivity index (χ1) is 9.51. The zero-order valence-corrected chi connectivity index (χ0v) is 14.0. The predicted molar refractivity (Wildman–Crippen MR) is 80.3 cm³/mol. The van der Waals surface area contributed by atoms with E-state index in [1.165, 1.54) is 13.1 Å². The third kappa shape index (κ3) is 5.99. The van der Waals surface area contributed by atoms with Crippen LogP contribution in [0.3, 0.4) is 0 Å². The van der Waals surface area contributed by atoms with Crippen molar-refractivity contribution in [1.29, 1.82) is 0 Å². The van der Waals surface area contributed by atoms with Gasteiger partial charge in [-0.3, -0.25) is 4.79 Å². The third-order valence-electron chi connectivity index (χ3n) is 2.47. The summed E-state index contributed by atoms with van der Waals surface area (Å²) in [6, 6.07) is 3.18. The molecular formula is C13H19ClN2O4S. The quantitative estimate of drug-likeness (QED) is 0.656. The Morgan fingerprint density at radius 1 is 1.48 bits per heavy atom. The number of rotatable bonds is 5. The van der Waals surface area contributed by atoms with Crippen molar-refractivity contribution in [3.63, 3.8) is 0 Å². The summed E-state index contributed by atoms with van der Waals surface area (Å²) in [5.41, 5.74) is -0.0885. The molecule has 0 fully saturated rings. The first-order valence-electron chi connectivity index (χ1n) is 6.33. The van der Waals surface area contributed by atoms with Gasteiger partial charge in [-0.2, -0.15) is 0 Å². The van der Waals surface area contributed by atoms with Crippen LogP contribution in [-0.2, 0) is 26.1 Å². The average molecular weight is 335 g/mol. The highest BCUT2D eigenvalue weighted by Gasteiger charge is 2.31. The Balaban J connectivity index is 2.70. The van der Waals surface area contributed by atoms with Crippen molar-refractivity contribution in [2.75, 3.05) is 0 Å². The second-order valence-corrected chi connectivity index (χ2v) is 8.00. The molecule has 1 N–H and O–H groups in total. The lowest BCUT2D eigenvalue weighted by Crippen LogP contribution is -2.40. The second-order valence-electron chi connectivity index (χ2n) is 5.53. The number of nitrogens with one attached hydrogen (secondary N) is 1. The Morgan fingerprint density at radius 3 is 2.62 bits per heavy atom. The normalized spacial score (nSPS) is 13.8. The van der Waals surface area contributed by atoms with Gasteiger partial charge in [0.2, 0.25) is 10.0 Å². The van der Waals surface area contributed by atoms with Gasteiger partial charge in [0.25, 0.3) is 0 Å². The molecule has 0 bridgehead atoms. The molecule has 6 nitrogen and oxygen atoms in total. The van der Waals surface area contributed by atoms with E-state index in [0.29, 0.717) is 5.56 Å². The molecule has 0 saturated heterocycles. The minimum absolute atomic E-state index is 0.0255. The Morgan fingerprint density at radius 2 is 2.10 bits per heavy atom.